The minimum Gasteiger partial charge on any atom is -0.322 e. The number of benzene rings is 1. The maximum absolute atomic E-state index is 12.6. The standard InChI is InChI=1S/C14H19N3O3S/c1-3-14(18)15-12-5-4-6-13(11-12)21(19,20)17-9-7-16(2)8-10-17/h3-6,11H,1,7-10H2,2H3,(H,15,18). The van der Waals surface area contributed by atoms with E-state index in [1.54, 1.807) is 12.1 Å². The summed E-state index contributed by atoms with van der Waals surface area (Å²) in [6.07, 6.45) is 1.14. The summed E-state index contributed by atoms with van der Waals surface area (Å²) in [5.74, 6) is -0.371. The molecule has 1 saturated heterocycles. The third-order valence-corrected chi connectivity index (χ3v) is 5.28. The van der Waals surface area contributed by atoms with E-state index in [-0.39, 0.29) is 10.8 Å². The predicted molar refractivity (Wildman–Crippen MR) is 81.5 cm³/mol. The molecule has 1 aliphatic heterocycles. The second-order valence-corrected chi connectivity index (χ2v) is 6.87. The SMILES string of the molecule is C=CC(=O)Nc1cccc(S(=O)(=O)N2CCN(C)CC2)c1. The zero-order valence-electron chi connectivity index (χ0n) is 11.9. The molecule has 0 bridgehead atoms. The molecule has 2 rings (SSSR count). The second kappa shape index (κ2) is 6.38. The van der Waals surface area contributed by atoms with Crippen LogP contribution in [0.15, 0.2) is 41.8 Å². The van der Waals surface area contributed by atoms with Crippen LogP contribution in [-0.2, 0) is 14.8 Å². The van der Waals surface area contributed by atoms with Gasteiger partial charge in [-0.2, -0.15) is 4.31 Å². The summed E-state index contributed by atoms with van der Waals surface area (Å²) in [5.41, 5.74) is 0.440. The lowest BCUT2D eigenvalue weighted by molar-refractivity contribution is -0.111. The number of likely N-dealkylation sites (N-methyl/N-ethyl adjacent to an activating group) is 1. The highest BCUT2D eigenvalue weighted by Gasteiger charge is 2.27. The average Bonchev–Trinajstić information content (AvgIpc) is 2.48. The van der Waals surface area contributed by atoms with Crippen LogP contribution in [0, 0.1) is 0 Å². The molecule has 1 fully saturated rings. The van der Waals surface area contributed by atoms with E-state index in [1.807, 2.05) is 7.05 Å². The number of nitrogens with zero attached hydrogens (tertiary/aromatic N) is 2. The smallest absolute Gasteiger partial charge is 0.247 e. The molecule has 0 atom stereocenters. The average molecular weight is 309 g/mol. The van der Waals surface area contributed by atoms with Crippen LogP contribution in [0.3, 0.4) is 0 Å². The van der Waals surface area contributed by atoms with Crippen LogP contribution in [0.1, 0.15) is 0 Å². The molecule has 0 spiro atoms. The predicted octanol–water partition coefficient (Wildman–Crippen LogP) is 0.747. The first-order chi connectivity index (χ1) is 9.93. The van der Waals surface area contributed by atoms with Crippen molar-refractivity contribution < 1.29 is 13.2 Å². The van der Waals surface area contributed by atoms with Gasteiger partial charge < -0.3 is 10.2 Å². The summed E-state index contributed by atoms with van der Waals surface area (Å²) in [6, 6.07) is 6.26. The topological polar surface area (TPSA) is 69.7 Å². The summed E-state index contributed by atoms with van der Waals surface area (Å²) < 4.78 is 26.6. The Morgan fingerprint density at radius 1 is 1.29 bits per heavy atom. The molecule has 1 amide bonds. The fraction of sp³-hybridized carbons (Fsp3) is 0.357. The monoisotopic (exact) mass is 309 g/mol. The van der Waals surface area contributed by atoms with Crippen molar-refractivity contribution in [2.24, 2.45) is 0 Å². The highest BCUT2D eigenvalue weighted by atomic mass is 32.2. The maximum atomic E-state index is 12.6. The highest BCUT2D eigenvalue weighted by molar-refractivity contribution is 7.89. The summed E-state index contributed by atoms with van der Waals surface area (Å²) in [5, 5.41) is 2.57. The van der Waals surface area contributed by atoms with Gasteiger partial charge in [-0.05, 0) is 31.3 Å². The number of carbonyl (C=O) groups is 1. The minimum atomic E-state index is -3.52. The molecule has 1 N–H and O–H groups in total. The maximum Gasteiger partial charge on any atom is 0.247 e. The molecular formula is C14H19N3O3S. The summed E-state index contributed by atoms with van der Waals surface area (Å²) in [4.78, 5) is 13.6. The Morgan fingerprint density at radius 3 is 2.57 bits per heavy atom. The largest absolute Gasteiger partial charge is 0.322 e. The molecule has 1 aliphatic rings. The van der Waals surface area contributed by atoms with Crippen LogP contribution in [0.2, 0.25) is 0 Å². The fourth-order valence-electron chi connectivity index (χ4n) is 2.11. The lowest BCUT2D eigenvalue weighted by Crippen LogP contribution is -2.47. The van der Waals surface area contributed by atoms with E-state index in [4.69, 9.17) is 0 Å². The van der Waals surface area contributed by atoms with Gasteiger partial charge in [-0.15, -0.1) is 0 Å². The van der Waals surface area contributed by atoms with E-state index in [9.17, 15) is 13.2 Å². The number of amides is 1. The van der Waals surface area contributed by atoms with Crippen LogP contribution < -0.4 is 5.32 Å². The number of nitrogens with one attached hydrogen (secondary N) is 1. The molecule has 1 aromatic rings. The normalized spacial score (nSPS) is 17.4. The first-order valence-electron chi connectivity index (χ1n) is 6.65. The Morgan fingerprint density at radius 2 is 1.95 bits per heavy atom. The number of sulfonamides is 1. The van der Waals surface area contributed by atoms with Crippen molar-refractivity contribution in [2.75, 3.05) is 38.5 Å². The van der Waals surface area contributed by atoms with Crippen molar-refractivity contribution in [3.8, 4) is 0 Å². The van der Waals surface area contributed by atoms with Gasteiger partial charge in [-0.25, -0.2) is 8.42 Å². The number of hydrogen-bond donors (Lipinski definition) is 1. The number of carbonyl (C=O) groups excluding carboxylic acids is 1. The lowest BCUT2D eigenvalue weighted by Gasteiger charge is -2.31. The van der Waals surface area contributed by atoms with Crippen LogP contribution in [0.25, 0.3) is 0 Å². The van der Waals surface area contributed by atoms with Gasteiger partial charge >= 0.3 is 0 Å². The van der Waals surface area contributed by atoms with E-state index >= 15 is 0 Å². The number of hydrogen-bond acceptors (Lipinski definition) is 4. The second-order valence-electron chi connectivity index (χ2n) is 4.93. The molecule has 0 aliphatic carbocycles. The third kappa shape index (κ3) is 3.69. The highest BCUT2D eigenvalue weighted by Crippen LogP contribution is 2.20. The summed E-state index contributed by atoms with van der Waals surface area (Å²) in [6.45, 7) is 5.74. The number of anilines is 1. The van der Waals surface area contributed by atoms with Crippen molar-refractivity contribution >= 4 is 21.6 Å². The van der Waals surface area contributed by atoms with E-state index in [1.165, 1.54) is 16.4 Å². The molecule has 1 aromatic carbocycles. The van der Waals surface area contributed by atoms with E-state index in [0.717, 1.165) is 6.08 Å². The van der Waals surface area contributed by atoms with Gasteiger partial charge in [0.15, 0.2) is 0 Å². The van der Waals surface area contributed by atoms with Gasteiger partial charge in [-0.1, -0.05) is 12.6 Å². The van der Waals surface area contributed by atoms with E-state index in [2.05, 4.69) is 16.8 Å². The van der Waals surface area contributed by atoms with Gasteiger partial charge in [0.25, 0.3) is 0 Å². The molecular weight excluding hydrogens is 290 g/mol. The van der Waals surface area contributed by atoms with Crippen molar-refractivity contribution in [2.45, 2.75) is 4.90 Å². The zero-order valence-corrected chi connectivity index (χ0v) is 12.8. The Hall–Kier alpha value is -1.70. The van der Waals surface area contributed by atoms with Crippen molar-refractivity contribution in [1.29, 1.82) is 0 Å². The third-order valence-electron chi connectivity index (χ3n) is 3.39. The van der Waals surface area contributed by atoms with E-state index in [0.29, 0.717) is 31.9 Å². The quantitative estimate of drug-likeness (QED) is 0.833. The van der Waals surface area contributed by atoms with Gasteiger partial charge in [0, 0.05) is 31.9 Å². The van der Waals surface area contributed by atoms with Crippen molar-refractivity contribution in [3.63, 3.8) is 0 Å². The van der Waals surface area contributed by atoms with Gasteiger partial charge in [0.1, 0.15) is 0 Å². The molecule has 0 unspecified atom stereocenters. The van der Waals surface area contributed by atoms with E-state index < -0.39 is 10.0 Å². The van der Waals surface area contributed by atoms with Crippen molar-refractivity contribution in [3.05, 3.63) is 36.9 Å². The van der Waals surface area contributed by atoms with Crippen LogP contribution in [0.4, 0.5) is 5.69 Å². The number of rotatable bonds is 4. The summed E-state index contributed by atoms with van der Waals surface area (Å²) >= 11 is 0. The Labute approximate surface area is 125 Å². The molecule has 1 heterocycles. The zero-order chi connectivity index (χ0) is 15.5. The molecule has 0 aromatic heterocycles. The Balaban J connectivity index is 2.22. The molecule has 21 heavy (non-hydrogen) atoms. The lowest BCUT2D eigenvalue weighted by atomic mass is 10.3. The Bertz CT molecular complexity index is 635. The van der Waals surface area contributed by atoms with Gasteiger partial charge in [-0.3, -0.25) is 4.79 Å². The fourth-order valence-corrected chi connectivity index (χ4v) is 3.57. The van der Waals surface area contributed by atoms with Crippen molar-refractivity contribution in [1.82, 2.24) is 9.21 Å². The Kier molecular flexibility index (Phi) is 4.76. The number of piperazine rings is 1. The molecule has 0 saturated carbocycles. The molecule has 6 nitrogen and oxygen atoms in total. The first-order valence-corrected chi connectivity index (χ1v) is 8.09. The minimum absolute atomic E-state index is 0.189. The van der Waals surface area contributed by atoms with Crippen LogP contribution >= 0.6 is 0 Å². The molecule has 0 radical (unpaired) electrons. The molecule has 7 heteroatoms. The molecule has 114 valence electrons. The van der Waals surface area contributed by atoms with Gasteiger partial charge in [0.05, 0.1) is 4.90 Å². The van der Waals surface area contributed by atoms with Gasteiger partial charge in [0.2, 0.25) is 15.9 Å². The summed E-state index contributed by atoms with van der Waals surface area (Å²) in [7, 11) is -1.55. The first kappa shape index (κ1) is 15.7. The van der Waals surface area contributed by atoms with Crippen LogP contribution in [-0.4, -0.2) is 56.8 Å². The van der Waals surface area contributed by atoms with Crippen LogP contribution in [0.5, 0.6) is 0 Å².